The third kappa shape index (κ3) is 3.15. The van der Waals surface area contributed by atoms with Crippen molar-refractivity contribution in [3.63, 3.8) is 0 Å². The number of H-pyrrole nitrogens is 1. The molecule has 1 fully saturated rings. The summed E-state index contributed by atoms with van der Waals surface area (Å²) < 4.78 is 15.2. The van der Waals surface area contributed by atoms with Crippen LogP contribution in [0.3, 0.4) is 0 Å². The Morgan fingerprint density at radius 3 is 2.76 bits per heavy atom. The molecule has 0 spiro atoms. The van der Waals surface area contributed by atoms with Crippen molar-refractivity contribution in [2.75, 3.05) is 0 Å². The Hall–Kier alpha value is -2.67. The van der Waals surface area contributed by atoms with Crippen molar-refractivity contribution in [2.24, 2.45) is 5.92 Å². The molecular formula is C17H15ClFN3O3. The highest BCUT2D eigenvalue weighted by molar-refractivity contribution is 6.33. The zero-order valence-corrected chi connectivity index (χ0v) is 13.9. The lowest BCUT2D eigenvalue weighted by atomic mass is 10.1. The van der Waals surface area contributed by atoms with Crippen molar-refractivity contribution in [3.8, 4) is 0 Å². The van der Waals surface area contributed by atoms with E-state index in [4.69, 9.17) is 11.6 Å². The second-order valence-electron chi connectivity index (χ2n) is 5.87. The average Bonchev–Trinajstić information content (AvgIpc) is 3.36. The van der Waals surface area contributed by atoms with Gasteiger partial charge in [0.2, 0.25) is 0 Å². The highest BCUT2D eigenvalue weighted by Crippen LogP contribution is 2.33. The number of hydrogen-bond donors (Lipinski definition) is 2. The second-order valence-corrected chi connectivity index (χ2v) is 6.28. The molecule has 0 radical (unpaired) electrons. The molecule has 0 unspecified atom stereocenters. The lowest BCUT2D eigenvalue weighted by Gasteiger charge is -2.12. The van der Waals surface area contributed by atoms with Gasteiger partial charge < -0.3 is 5.11 Å². The first kappa shape index (κ1) is 17.2. The Morgan fingerprint density at radius 1 is 1.52 bits per heavy atom. The molecule has 0 bridgehead atoms. The minimum absolute atomic E-state index is 0.0585. The highest BCUT2D eigenvalue weighted by atomic mass is 35.5. The topological polar surface area (TPSA) is 88.0 Å². The van der Waals surface area contributed by atoms with E-state index in [1.165, 1.54) is 10.6 Å². The number of nitrogens with one attached hydrogen (secondary N) is 1. The molecule has 0 aromatic carbocycles. The Kier molecular flexibility index (Phi) is 4.34. The van der Waals surface area contributed by atoms with Gasteiger partial charge >= 0.3 is 5.69 Å². The first-order chi connectivity index (χ1) is 11.8. The number of nitrogens with zero attached hydrogens (tertiary/aromatic N) is 2. The van der Waals surface area contributed by atoms with Gasteiger partial charge in [0.25, 0.3) is 5.56 Å². The predicted molar refractivity (Wildman–Crippen MR) is 94.4 cm³/mol. The van der Waals surface area contributed by atoms with E-state index in [-0.39, 0.29) is 27.3 Å². The van der Waals surface area contributed by atoms with E-state index >= 15 is 0 Å². The number of pyridine rings is 1. The van der Waals surface area contributed by atoms with E-state index in [1.54, 1.807) is 0 Å². The van der Waals surface area contributed by atoms with E-state index in [9.17, 15) is 19.1 Å². The Bertz CT molecular complexity index is 1050. The molecule has 3 rings (SSSR count). The van der Waals surface area contributed by atoms with Crippen LogP contribution in [0.1, 0.15) is 18.5 Å². The summed E-state index contributed by atoms with van der Waals surface area (Å²) in [7, 11) is 0. The van der Waals surface area contributed by atoms with Gasteiger partial charge in [0.15, 0.2) is 0 Å². The number of halogens is 2. The molecule has 2 aromatic rings. The summed E-state index contributed by atoms with van der Waals surface area (Å²) in [5, 5.41) is 9.95. The summed E-state index contributed by atoms with van der Waals surface area (Å²) in [5.74, 6) is -1.13. The molecule has 2 heterocycles. The van der Waals surface area contributed by atoms with Crippen molar-refractivity contribution >= 4 is 28.2 Å². The van der Waals surface area contributed by atoms with Crippen molar-refractivity contribution < 1.29 is 9.50 Å². The molecular weight excluding hydrogens is 349 g/mol. The zero-order chi connectivity index (χ0) is 18.3. The van der Waals surface area contributed by atoms with Crippen LogP contribution in [0.5, 0.6) is 0 Å². The predicted octanol–water partition coefficient (Wildman–Crippen LogP) is 3.09. The minimum Gasteiger partial charge on any atom is -0.507 e. The van der Waals surface area contributed by atoms with Gasteiger partial charge in [-0.05, 0) is 30.9 Å². The number of aliphatic hydroxyl groups excluding tert-OH is 1. The summed E-state index contributed by atoms with van der Waals surface area (Å²) in [6.45, 7) is 6.94. The van der Waals surface area contributed by atoms with Gasteiger partial charge in [-0.2, -0.15) is 0 Å². The van der Waals surface area contributed by atoms with Crippen LogP contribution in [-0.2, 0) is 6.54 Å². The second kappa shape index (κ2) is 6.33. The quantitative estimate of drug-likeness (QED) is 0.631. The maximum absolute atomic E-state index is 13.9. The number of allylic oxidation sites excluding steroid dienone is 3. The van der Waals surface area contributed by atoms with Gasteiger partial charge in [0.1, 0.15) is 17.2 Å². The summed E-state index contributed by atoms with van der Waals surface area (Å²) in [4.78, 5) is 30.7. The monoisotopic (exact) mass is 363 g/mol. The van der Waals surface area contributed by atoms with Crippen LogP contribution in [0.25, 0.3) is 16.6 Å². The van der Waals surface area contributed by atoms with Crippen LogP contribution in [-0.4, -0.2) is 19.6 Å². The van der Waals surface area contributed by atoms with Crippen LogP contribution in [0.15, 0.2) is 46.5 Å². The Balaban J connectivity index is 2.37. The molecule has 2 aromatic heterocycles. The third-order valence-electron chi connectivity index (χ3n) is 4.02. The minimum atomic E-state index is -0.966. The molecule has 1 aliphatic rings. The van der Waals surface area contributed by atoms with Crippen molar-refractivity contribution in [1.82, 2.24) is 14.5 Å². The number of hydrogen-bond acceptors (Lipinski definition) is 4. The van der Waals surface area contributed by atoms with Gasteiger partial charge in [-0.1, -0.05) is 24.8 Å². The molecule has 0 atom stereocenters. The van der Waals surface area contributed by atoms with E-state index in [0.717, 1.165) is 18.9 Å². The SMILES string of the molecule is C=C/C(O)=C(\C(=C)F)c1nc2c(cc1Cl)c(=O)[nH]c(=O)n2CC1CC1. The summed E-state index contributed by atoms with van der Waals surface area (Å²) in [5.41, 5.74) is -1.61. The van der Waals surface area contributed by atoms with Gasteiger partial charge in [-0.3, -0.25) is 14.3 Å². The summed E-state index contributed by atoms with van der Waals surface area (Å²) in [6, 6.07) is 1.29. The van der Waals surface area contributed by atoms with Crippen LogP contribution >= 0.6 is 11.6 Å². The molecule has 1 aliphatic carbocycles. The lowest BCUT2D eigenvalue weighted by molar-refractivity contribution is 0.433. The molecule has 130 valence electrons. The first-order valence-corrected chi connectivity index (χ1v) is 7.95. The Morgan fingerprint density at radius 2 is 2.20 bits per heavy atom. The van der Waals surface area contributed by atoms with Crippen molar-refractivity contribution in [1.29, 1.82) is 0 Å². The summed E-state index contributed by atoms with van der Waals surface area (Å²) in [6.07, 6.45) is 2.99. The highest BCUT2D eigenvalue weighted by Gasteiger charge is 2.25. The molecule has 25 heavy (non-hydrogen) atoms. The van der Waals surface area contributed by atoms with E-state index in [1.807, 2.05) is 0 Å². The van der Waals surface area contributed by atoms with Crippen molar-refractivity contribution in [3.05, 3.63) is 68.4 Å². The van der Waals surface area contributed by atoms with E-state index in [2.05, 4.69) is 23.1 Å². The standard InChI is InChI=1S/C17H15ClFN3O3/c1-3-12(23)13(8(2)19)14-11(18)6-10-15(20-14)22(7-9-4-5-9)17(25)21-16(10)24/h3,6,9,23H,1-2,4-5,7H2,(H,21,24,25)/b13-12-. The fourth-order valence-corrected chi connectivity index (χ4v) is 2.82. The fourth-order valence-electron chi connectivity index (χ4n) is 2.57. The average molecular weight is 364 g/mol. The molecule has 8 heteroatoms. The van der Waals surface area contributed by atoms with Gasteiger partial charge in [0.05, 0.1) is 21.7 Å². The third-order valence-corrected chi connectivity index (χ3v) is 4.31. The Labute approximate surface area is 146 Å². The molecule has 0 amide bonds. The molecule has 2 N–H and O–H groups in total. The number of aromatic nitrogens is 3. The molecule has 0 aliphatic heterocycles. The van der Waals surface area contributed by atoms with Crippen LogP contribution in [0.4, 0.5) is 4.39 Å². The fraction of sp³-hybridized carbons (Fsp3) is 0.235. The number of rotatable bonds is 5. The van der Waals surface area contributed by atoms with Crippen LogP contribution in [0, 0.1) is 5.92 Å². The molecule has 0 saturated heterocycles. The van der Waals surface area contributed by atoms with Gasteiger partial charge in [-0.15, -0.1) is 0 Å². The van der Waals surface area contributed by atoms with Crippen LogP contribution < -0.4 is 11.2 Å². The maximum Gasteiger partial charge on any atom is 0.330 e. The number of aliphatic hydroxyl groups is 1. The van der Waals surface area contributed by atoms with Gasteiger partial charge in [-0.25, -0.2) is 14.2 Å². The normalized spacial score (nSPS) is 15.1. The van der Waals surface area contributed by atoms with Gasteiger partial charge in [0, 0.05) is 6.54 Å². The smallest absolute Gasteiger partial charge is 0.330 e. The number of fused-ring (bicyclic) bond motifs is 1. The maximum atomic E-state index is 13.9. The largest absolute Gasteiger partial charge is 0.507 e. The molecule has 6 nitrogen and oxygen atoms in total. The van der Waals surface area contributed by atoms with Crippen molar-refractivity contribution in [2.45, 2.75) is 19.4 Å². The van der Waals surface area contributed by atoms with E-state index < -0.39 is 22.8 Å². The lowest BCUT2D eigenvalue weighted by Crippen LogP contribution is -2.31. The summed E-state index contributed by atoms with van der Waals surface area (Å²) >= 11 is 6.14. The van der Waals surface area contributed by atoms with E-state index in [0.29, 0.717) is 12.5 Å². The van der Waals surface area contributed by atoms with Crippen LogP contribution in [0.2, 0.25) is 5.02 Å². The first-order valence-electron chi connectivity index (χ1n) is 7.57. The zero-order valence-electron chi connectivity index (χ0n) is 13.2. The number of aromatic amines is 1. The molecule has 1 saturated carbocycles.